The largest absolute Gasteiger partial charge is 0.381 e. The topological polar surface area (TPSA) is 115 Å². The maximum atomic E-state index is 14.9. The molecule has 0 fully saturated rings. The summed E-state index contributed by atoms with van der Waals surface area (Å²) in [5, 5.41) is 21.2. The summed E-state index contributed by atoms with van der Waals surface area (Å²) in [4.78, 5) is 3.80. The van der Waals surface area contributed by atoms with E-state index in [1.54, 1.807) is 25.3 Å². The zero-order chi connectivity index (χ0) is 27.9. The average molecular weight is 593 g/mol. The van der Waals surface area contributed by atoms with E-state index in [9.17, 15) is 22.3 Å². The molecule has 39 heavy (non-hydrogen) atoms. The first-order valence-electron chi connectivity index (χ1n) is 11.4. The minimum Gasteiger partial charge on any atom is -0.381 e. The second kappa shape index (κ2) is 10.2. The van der Waals surface area contributed by atoms with Gasteiger partial charge in [-0.15, -0.1) is 0 Å². The molecule has 0 radical (unpaired) electrons. The molecule has 5 aromatic rings. The monoisotopic (exact) mass is 592 g/mol. The molecule has 2 aromatic heterocycles. The smallest absolute Gasteiger partial charge is 0.261 e. The number of fused-ring (bicyclic) bond motifs is 1. The van der Waals surface area contributed by atoms with Gasteiger partial charge in [-0.2, -0.15) is 10.2 Å². The summed E-state index contributed by atoms with van der Waals surface area (Å²) in [6, 6.07) is 10.7. The number of hydrogen-bond acceptors (Lipinski definition) is 6. The number of benzene rings is 3. The third-order valence-corrected chi connectivity index (χ3v) is 8.45. The Morgan fingerprint density at radius 1 is 1.08 bits per heavy atom. The van der Waals surface area contributed by atoms with Crippen molar-refractivity contribution in [2.45, 2.75) is 30.0 Å². The van der Waals surface area contributed by atoms with Crippen molar-refractivity contribution in [3.63, 3.8) is 0 Å². The number of sulfonamides is 1. The fourth-order valence-electron chi connectivity index (χ4n) is 4.23. The summed E-state index contributed by atoms with van der Waals surface area (Å²) in [6.45, 7) is 1.42. The molecule has 0 amide bonds. The van der Waals surface area contributed by atoms with Crippen LogP contribution in [-0.2, 0) is 22.2 Å². The number of aliphatic hydroxyl groups is 1. The Bertz CT molecular complexity index is 1780. The standard InChI is InChI=1S/C25H20Cl2F2N6O3S/c1-15(25(36,12-34-14-30-13-31-34)20-5-2-17(28)9-23(20)29)35-11-16-8-18(3-7-24(16)32-35)33-39(37,38)19-4-6-21(26)22(27)10-19/h2-11,13-15,33,36H,12H2,1H3/t15-,25-/m1/s1. The van der Waals surface area contributed by atoms with Gasteiger partial charge in [-0.1, -0.05) is 29.3 Å². The molecule has 0 unspecified atom stereocenters. The van der Waals surface area contributed by atoms with Crippen molar-refractivity contribution in [1.82, 2.24) is 24.5 Å². The molecule has 2 N–H and O–H groups in total. The molecular weight excluding hydrogens is 573 g/mol. The number of hydrogen-bond donors (Lipinski definition) is 2. The maximum absolute atomic E-state index is 14.9. The molecule has 5 rings (SSSR count). The summed E-state index contributed by atoms with van der Waals surface area (Å²) in [7, 11) is -3.98. The molecule has 0 saturated carbocycles. The number of halogens is 4. The van der Waals surface area contributed by atoms with Gasteiger partial charge in [0.2, 0.25) is 0 Å². The van der Waals surface area contributed by atoms with Gasteiger partial charge in [0, 0.05) is 28.9 Å². The summed E-state index contributed by atoms with van der Waals surface area (Å²) in [5.41, 5.74) is -1.34. The van der Waals surface area contributed by atoms with Gasteiger partial charge >= 0.3 is 0 Å². The molecule has 0 spiro atoms. The predicted octanol–water partition coefficient (Wildman–Crippen LogP) is 5.16. The SMILES string of the molecule is C[C@@H](n1cc2cc(NS(=O)(=O)c3ccc(Cl)c(Cl)c3)ccc2n1)[C@](O)(Cn1cncn1)c1ccc(F)cc1F. The van der Waals surface area contributed by atoms with Gasteiger partial charge in [-0.05, 0) is 49.4 Å². The Hall–Kier alpha value is -3.58. The van der Waals surface area contributed by atoms with Crippen LogP contribution in [0.3, 0.4) is 0 Å². The first-order valence-corrected chi connectivity index (χ1v) is 13.7. The van der Waals surface area contributed by atoms with Crippen LogP contribution >= 0.6 is 23.2 Å². The van der Waals surface area contributed by atoms with Crippen molar-refractivity contribution in [2.75, 3.05) is 4.72 Å². The lowest BCUT2D eigenvalue weighted by molar-refractivity contribution is -0.0366. The first kappa shape index (κ1) is 27.0. The minimum absolute atomic E-state index is 0.0687. The molecule has 0 aliphatic carbocycles. The lowest BCUT2D eigenvalue weighted by atomic mass is 9.86. The summed E-state index contributed by atoms with van der Waals surface area (Å²) in [6.07, 6.45) is 4.23. The molecular formula is C25H20Cl2F2N6O3S. The van der Waals surface area contributed by atoms with Crippen molar-refractivity contribution >= 4 is 49.8 Å². The van der Waals surface area contributed by atoms with E-state index in [1.165, 1.54) is 52.4 Å². The van der Waals surface area contributed by atoms with Crippen LogP contribution in [0, 0.1) is 11.6 Å². The van der Waals surface area contributed by atoms with Crippen LogP contribution in [0.1, 0.15) is 18.5 Å². The van der Waals surface area contributed by atoms with Gasteiger partial charge in [0.15, 0.2) is 0 Å². The van der Waals surface area contributed by atoms with Crippen LogP contribution in [0.2, 0.25) is 10.0 Å². The lowest BCUT2D eigenvalue weighted by Crippen LogP contribution is -2.40. The van der Waals surface area contributed by atoms with Crippen molar-refractivity contribution in [1.29, 1.82) is 0 Å². The fraction of sp³-hybridized carbons (Fsp3) is 0.160. The van der Waals surface area contributed by atoms with Crippen LogP contribution in [-0.4, -0.2) is 38.1 Å². The molecule has 0 saturated heterocycles. The normalized spacial score (nSPS) is 14.3. The van der Waals surface area contributed by atoms with Gasteiger partial charge in [-0.3, -0.25) is 9.40 Å². The second-order valence-electron chi connectivity index (χ2n) is 8.88. The number of aromatic nitrogens is 5. The Balaban J connectivity index is 1.49. The quantitative estimate of drug-likeness (QED) is 0.257. The Morgan fingerprint density at radius 3 is 2.56 bits per heavy atom. The van der Waals surface area contributed by atoms with Crippen LogP contribution in [0.5, 0.6) is 0 Å². The van der Waals surface area contributed by atoms with Crippen LogP contribution in [0.4, 0.5) is 14.5 Å². The van der Waals surface area contributed by atoms with E-state index in [2.05, 4.69) is 19.9 Å². The highest BCUT2D eigenvalue weighted by molar-refractivity contribution is 7.92. The molecule has 9 nitrogen and oxygen atoms in total. The zero-order valence-corrected chi connectivity index (χ0v) is 22.5. The number of nitrogens with zero attached hydrogens (tertiary/aromatic N) is 5. The molecule has 2 atom stereocenters. The Labute approximate surface area is 231 Å². The second-order valence-corrected chi connectivity index (χ2v) is 11.4. The summed E-state index contributed by atoms with van der Waals surface area (Å²) < 4.78 is 59.5. The van der Waals surface area contributed by atoms with Crippen LogP contribution in [0.25, 0.3) is 10.9 Å². The molecule has 14 heteroatoms. The van der Waals surface area contributed by atoms with E-state index in [4.69, 9.17) is 23.2 Å². The molecule has 2 heterocycles. The van der Waals surface area contributed by atoms with Crippen molar-refractivity contribution in [3.05, 3.63) is 101 Å². The Morgan fingerprint density at radius 2 is 1.87 bits per heavy atom. The molecule has 0 aliphatic rings. The van der Waals surface area contributed by atoms with E-state index in [1.807, 2.05) is 0 Å². The molecule has 202 valence electrons. The van der Waals surface area contributed by atoms with E-state index < -0.39 is 33.3 Å². The van der Waals surface area contributed by atoms with Crippen LogP contribution < -0.4 is 4.72 Å². The summed E-state index contributed by atoms with van der Waals surface area (Å²) >= 11 is 11.9. The van der Waals surface area contributed by atoms with Crippen LogP contribution in [0.15, 0.2) is 78.3 Å². The highest BCUT2D eigenvalue weighted by Crippen LogP contribution is 2.37. The van der Waals surface area contributed by atoms with E-state index in [0.717, 1.165) is 6.07 Å². The van der Waals surface area contributed by atoms with E-state index >= 15 is 0 Å². The average Bonchev–Trinajstić information content (AvgIpc) is 3.54. The number of rotatable bonds is 8. The van der Waals surface area contributed by atoms with Crippen molar-refractivity contribution < 1.29 is 22.3 Å². The molecule has 0 aliphatic heterocycles. The third-order valence-electron chi connectivity index (χ3n) is 6.33. The van der Waals surface area contributed by atoms with Gasteiger partial charge in [-0.25, -0.2) is 26.9 Å². The van der Waals surface area contributed by atoms with Crippen molar-refractivity contribution in [3.8, 4) is 0 Å². The van der Waals surface area contributed by atoms with E-state index in [0.29, 0.717) is 17.0 Å². The van der Waals surface area contributed by atoms with E-state index in [-0.39, 0.29) is 32.7 Å². The third kappa shape index (κ3) is 5.33. The Kier molecular flexibility index (Phi) is 7.06. The lowest BCUT2D eigenvalue weighted by Gasteiger charge is -2.34. The molecule has 0 bridgehead atoms. The van der Waals surface area contributed by atoms with Gasteiger partial charge in [0.1, 0.15) is 29.9 Å². The zero-order valence-electron chi connectivity index (χ0n) is 20.1. The highest BCUT2D eigenvalue weighted by atomic mass is 35.5. The summed E-state index contributed by atoms with van der Waals surface area (Å²) in [5.74, 6) is -1.71. The highest BCUT2D eigenvalue weighted by Gasteiger charge is 2.41. The maximum Gasteiger partial charge on any atom is 0.261 e. The van der Waals surface area contributed by atoms with Gasteiger partial charge < -0.3 is 5.11 Å². The first-order chi connectivity index (χ1) is 18.5. The predicted molar refractivity (Wildman–Crippen MR) is 142 cm³/mol. The van der Waals surface area contributed by atoms with Crippen molar-refractivity contribution in [2.24, 2.45) is 0 Å². The fourth-order valence-corrected chi connectivity index (χ4v) is 5.67. The molecule has 3 aromatic carbocycles. The van der Waals surface area contributed by atoms with Gasteiger partial charge in [0.25, 0.3) is 10.0 Å². The number of nitrogens with one attached hydrogen (secondary N) is 1. The minimum atomic E-state index is -3.98. The number of anilines is 1. The van der Waals surface area contributed by atoms with Gasteiger partial charge in [0.05, 0.1) is 33.0 Å².